The predicted molar refractivity (Wildman–Crippen MR) is 109 cm³/mol. The summed E-state index contributed by atoms with van der Waals surface area (Å²) in [6.45, 7) is 3.88. The Kier molecular flexibility index (Phi) is 5.87. The number of nitrogens with one attached hydrogen (secondary N) is 1. The van der Waals surface area contributed by atoms with Crippen molar-refractivity contribution in [3.63, 3.8) is 0 Å². The molecule has 0 fully saturated rings. The summed E-state index contributed by atoms with van der Waals surface area (Å²) in [7, 11) is -3.66. The number of hydrogen-bond acceptors (Lipinski definition) is 3. The molecular formula is C20H22ClN3O2S. The van der Waals surface area contributed by atoms with E-state index >= 15 is 0 Å². The van der Waals surface area contributed by atoms with Crippen LogP contribution in [-0.2, 0) is 16.4 Å². The van der Waals surface area contributed by atoms with Crippen LogP contribution in [0, 0.1) is 13.8 Å². The molecule has 3 rings (SSSR count). The second kappa shape index (κ2) is 8.15. The molecule has 1 aromatic heterocycles. The summed E-state index contributed by atoms with van der Waals surface area (Å²) in [4.78, 5) is 0.230. The Labute approximate surface area is 165 Å². The molecule has 1 heterocycles. The third-order valence-corrected chi connectivity index (χ3v) is 5.85. The average Bonchev–Trinajstić information content (AvgIpc) is 2.98. The maximum absolute atomic E-state index is 12.7. The maximum Gasteiger partial charge on any atom is 0.261 e. The molecule has 0 aliphatic rings. The van der Waals surface area contributed by atoms with Crippen LogP contribution < -0.4 is 4.72 Å². The van der Waals surface area contributed by atoms with Crippen molar-refractivity contribution in [2.75, 3.05) is 10.6 Å². The lowest BCUT2D eigenvalue weighted by molar-refractivity contribution is 0.601. The van der Waals surface area contributed by atoms with Crippen molar-refractivity contribution in [2.45, 2.75) is 31.6 Å². The quantitative estimate of drug-likeness (QED) is 0.592. The first-order valence-electron chi connectivity index (χ1n) is 8.70. The molecule has 7 heteroatoms. The summed E-state index contributed by atoms with van der Waals surface area (Å²) in [6, 6.07) is 16.1. The highest BCUT2D eigenvalue weighted by molar-refractivity contribution is 7.92. The zero-order valence-electron chi connectivity index (χ0n) is 15.3. The normalized spacial score (nSPS) is 11.5. The lowest BCUT2D eigenvalue weighted by Crippen LogP contribution is -2.13. The van der Waals surface area contributed by atoms with E-state index in [1.807, 2.05) is 38.1 Å². The van der Waals surface area contributed by atoms with Crippen molar-refractivity contribution >= 4 is 27.3 Å². The Hall–Kier alpha value is -2.31. The Morgan fingerprint density at radius 1 is 1.07 bits per heavy atom. The van der Waals surface area contributed by atoms with E-state index in [4.69, 9.17) is 11.6 Å². The summed E-state index contributed by atoms with van der Waals surface area (Å²) in [5, 5.41) is 4.44. The molecule has 142 valence electrons. The van der Waals surface area contributed by atoms with Gasteiger partial charge in [-0.2, -0.15) is 5.10 Å². The minimum absolute atomic E-state index is 0.230. The van der Waals surface area contributed by atoms with Gasteiger partial charge in [-0.15, -0.1) is 11.6 Å². The fraction of sp³-hybridized carbons (Fsp3) is 0.250. The van der Waals surface area contributed by atoms with Gasteiger partial charge in [-0.1, -0.05) is 18.2 Å². The fourth-order valence-electron chi connectivity index (χ4n) is 2.91. The standard InChI is InChI=1S/C20H22ClN3O2S/c1-15-13-16(2)24(22-15)19-7-3-6-18(14-19)23-27(25,26)20-10-8-17(9-11-20)5-4-12-21/h3,6-11,13-14,23H,4-5,12H2,1-2H3. The number of rotatable bonds is 7. The number of nitrogens with zero attached hydrogens (tertiary/aromatic N) is 2. The molecule has 2 aromatic carbocycles. The number of sulfonamides is 1. The van der Waals surface area contributed by atoms with Crippen LogP contribution in [0.1, 0.15) is 23.4 Å². The Balaban J connectivity index is 1.81. The lowest BCUT2D eigenvalue weighted by atomic mass is 10.1. The van der Waals surface area contributed by atoms with Gasteiger partial charge in [0.1, 0.15) is 0 Å². The first-order valence-corrected chi connectivity index (χ1v) is 10.7. The summed E-state index contributed by atoms with van der Waals surface area (Å²) in [6.07, 6.45) is 1.70. The summed E-state index contributed by atoms with van der Waals surface area (Å²) in [5.74, 6) is 0.590. The zero-order valence-corrected chi connectivity index (χ0v) is 16.9. The first-order chi connectivity index (χ1) is 12.9. The van der Waals surface area contributed by atoms with Crippen LogP contribution in [0.4, 0.5) is 5.69 Å². The van der Waals surface area contributed by atoms with Gasteiger partial charge in [0.15, 0.2) is 0 Å². The van der Waals surface area contributed by atoms with Crippen molar-refractivity contribution in [3.8, 4) is 5.69 Å². The van der Waals surface area contributed by atoms with Crippen LogP contribution in [0.25, 0.3) is 5.69 Å². The van der Waals surface area contributed by atoms with Gasteiger partial charge in [-0.05, 0) is 68.7 Å². The van der Waals surface area contributed by atoms with E-state index in [0.29, 0.717) is 11.6 Å². The minimum Gasteiger partial charge on any atom is -0.280 e. The van der Waals surface area contributed by atoms with Crippen LogP contribution in [0.2, 0.25) is 0 Å². The highest BCUT2D eigenvalue weighted by Crippen LogP contribution is 2.21. The van der Waals surface area contributed by atoms with Crippen LogP contribution in [0.5, 0.6) is 0 Å². The monoisotopic (exact) mass is 403 g/mol. The van der Waals surface area contributed by atoms with Crippen molar-refractivity contribution < 1.29 is 8.42 Å². The predicted octanol–water partition coefficient (Wildman–Crippen LogP) is 4.46. The van der Waals surface area contributed by atoms with Crippen molar-refractivity contribution in [3.05, 3.63) is 71.5 Å². The van der Waals surface area contributed by atoms with Gasteiger partial charge in [-0.3, -0.25) is 4.72 Å². The highest BCUT2D eigenvalue weighted by Gasteiger charge is 2.15. The van der Waals surface area contributed by atoms with E-state index in [0.717, 1.165) is 35.5 Å². The van der Waals surface area contributed by atoms with E-state index in [1.54, 1.807) is 35.0 Å². The van der Waals surface area contributed by atoms with Gasteiger partial charge >= 0.3 is 0 Å². The molecule has 0 amide bonds. The fourth-order valence-corrected chi connectivity index (χ4v) is 4.09. The van der Waals surface area contributed by atoms with Crippen LogP contribution in [-0.4, -0.2) is 24.1 Å². The number of hydrogen-bond donors (Lipinski definition) is 1. The van der Waals surface area contributed by atoms with Crippen LogP contribution >= 0.6 is 11.6 Å². The molecule has 0 radical (unpaired) electrons. The molecular weight excluding hydrogens is 382 g/mol. The molecule has 27 heavy (non-hydrogen) atoms. The highest BCUT2D eigenvalue weighted by atomic mass is 35.5. The van der Waals surface area contributed by atoms with Gasteiger partial charge in [-0.25, -0.2) is 13.1 Å². The largest absolute Gasteiger partial charge is 0.280 e. The second-order valence-electron chi connectivity index (χ2n) is 6.43. The number of halogens is 1. The molecule has 0 atom stereocenters. The SMILES string of the molecule is Cc1cc(C)n(-c2cccc(NS(=O)(=O)c3ccc(CCCCl)cc3)c2)n1. The molecule has 5 nitrogen and oxygen atoms in total. The smallest absolute Gasteiger partial charge is 0.261 e. The Morgan fingerprint density at radius 2 is 1.81 bits per heavy atom. The third-order valence-electron chi connectivity index (χ3n) is 4.19. The molecule has 0 bridgehead atoms. The van der Waals surface area contributed by atoms with Gasteiger partial charge in [0.25, 0.3) is 10.0 Å². The molecule has 3 aromatic rings. The van der Waals surface area contributed by atoms with E-state index in [-0.39, 0.29) is 4.90 Å². The number of anilines is 1. The molecule has 0 saturated heterocycles. The second-order valence-corrected chi connectivity index (χ2v) is 8.49. The van der Waals surface area contributed by atoms with E-state index in [2.05, 4.69) is 9.82 Å². The zero-order chi connectivity index (χ0) is 19.4. The number of benzene rings is 2. The molecule has 0 saturated carbocycles. The third kappa shape index (κ3) is 4.70. The van der Waals surface area contributed by atoms with E-state index in [9.17, 15) is 8.42 Å². The van der Waals surface area contributed by atoms with Gasteiger partial charge < -0.3 is 0 Å². The summed E-state index contributed by atoms with van der Waals surface area (Å²) >= 11 is 5.70. The summed E-state index contributed by atoms with van der Waals surface area (Å²) < 4.78 is 29.8. The Bertz CT molecular complexity index is 1030. The van der Waals surface area contributed by atoms with E-state index < -0.39 is 10.0 Å². The van der Waals surface area contributed by atoms with E-state index in [1.165, 1.54) is 0 Å². The van der Waals surface area contributed by atoms with Gasteiger partial charge in [0.05, 0.1) is 22.0 Å². The molecule has 1 N–H and O–H groups in total. The molecule has 0 aliphatic heterocycles. The van der Waals surface area contributed by atoms with Crippen molar-refractivity contribution in [1.82, 2.24) is 9.78 Å². The molecule has 0 unspecified atom stereocenters. The lowest BCUT2D eigenvalue weighted by Gasteiger charge is -2.11. The number of aryl methyl sites for hydroxylation is 3. The first kappa shape index (κ1) is 19.5. The van der Waals surface area contributed by atoms with Gasteiger partial charge in [0, 0.05) is 11.6 Å². The number of aromatic nitrogens is 2. The van der Waals surface area contributed by atoms with Crippen molar-refractivity contribution in [1.29, 1.82) is 0 Å². The van der Waals surface area contributed by atoms with Crippen LogP contribution in [0.15, 0.2) is 59.5 Å². The summed E-state index contributed by atoms with van der Waals surface area (Å²) in [5.41, 5.74) is 4.26. The van der Waals surface area contributed by atoms with Crippen molar-refractivity contribution in [2.24, 2.45) is 0 Å². The minimum atomic E-state index is -3.66. The molecule has 0 spiro atoms. The average molecular weight is 404 g/mol. The topological polar surface area (TPSA) is 64.0 Å². The Morgan fingerprint density at radius 3 is 2.44 bits per heavy atom. The van der Waals surface area contributed by atoms with Gasteiger partial charge in [0.2, 0.25) is 0 Å². The maximum atomic E-state index is 12.7. The molecule has 0 aliphatic carbocycles. The van der Waals surface area contributed by atoms with Crippen LogP contribution in [0.3, 0.4) is 0 Å². The number of alkyl halides is 1.